The monoisotopic (exact) mass is 413 g/mol. The van der Waals surface area contributed by atoms with Crippen molar-refractivity contribution in [3.8, 4) is 0 Å². The van der Waals surface area contributed by atoms with E-state index in [1.54, 1.807) is 4.90 Å². The highest BCUT2D eigenvalue weighted by Crippen LogP contribution is 2.28. The minimum atomic E-state index is -3.65. The van der Waals surface area contributed by atoms with Crippen molar-refractivity contribution in [1.82, 2.24) is 4.90 Å². The zero-order chi connectivity index (χ0) is 18.9. The number of sulfonamides is 1. The van der Waals surface area contributed by atoms with Crippen LogP contribution in [0.4, 0.5) is 10.1 Å². The van der Waals surface area contributed by atoms with Gasteiger partial charge in [0.1, 0.15) is 5.82 Å². The van der Waals surface area contributed by atoms with Crippen molar-refractivity contribution >= 4 is 34.0 Å². The fourth-order valence-corrected chi connectivity index (χ4v) is 3.72. The van der Waals surface area contributed by atoms with Gasteiger partial charge in [-0.1, -0.05) is 30.3 Å². The van der Waals surface area contributed by atoms with Gasteiger partial charge in [0.05, 0.1) is 11.9 Å². The molecule has 2 atom stereocenters. The summed E-state index contributed by atoms with van der Waals surface area (Å²) in [6.07, 6.45) is 0.922. The van der Waals surface area contributed by atoms with Crippen LogP contribution >= 0.6 is 12.4 Å². The van der Waals surface area contributed by atoms with E-state index in [4.69, 9.17) is 5.73 Å². The van der Waals surface area contributed by atoms with Crippen molar-refractivity contribution < 1.29 is 17.6 Å². The third-order valence-corrected chi connectivity index (χ3v) is 4.98. The zero-order valence-corrected chi connectivity index (χ0v) is 16.3. The van der Waals surface area contributed by atoms with Crippen LogP contribution in [0.3, 0.4) is 0 Å². The molecule has 6 nitrogen and oxygen atoms in total. The van der Waals surface area contributed by atoms with Gasteiger partial charge in [0.2, 0.25) is 10.0 Å². The topological polar surface area (TPSA) is 92.5 Å². The number of likely N-dealkylation sites (tertiary alicyclic amines) is 1. The normalized spacial score (nSPS) is 19.4. The van der Waals surface area contributed by atoms with E-state index in [0.717, 1.165) is 17.9 Å². The summed E-state index contributed by atoms with van der Waals surface area (Å²) >= 11 is 0. The average Bonchev–Trinajstić information content (AvgIpc) is 2.97. The van der Waals surface area contributed by atoms with E-state index in [1.807, 2.05) is 30.3 Å². The molecule has 1 heterocycles. The minimum absolute atomic E-state index is 0. The van der Waals surface area contributed by atoms with Gasteiger partial charge in [0.25, 0.3) is 5.91 Å². The van der Waals surface area contributed by atoms with Crippen molar-refractivity contribution in [2.45, 2.75) is 12.0 Å². The predicted octanol–water partition coefficient (Wildman–Crippen LogP) is 2.19. The number of halogens is 2. The number of rotatable bonds is 4. The van der Waals surface area contributed by atoms with Crippen molar-refractivity contribution in [1.29, 1.82) is 0 Å². The van der Waals surface area contributed by atoms with Crippen LogP contribution in [0.15, 0.2) is 48.5 Å². The summed E-state index contributed by atoms with van der Waals surface area (Å²) in [5.74, 6) is -1.03. The van der Waals surface area contributed by atoms with E-state index < -0.39 is 15.8 Å². The molecule has 3 N–H and O–H groups in total. The van der Waals surface area contributed by atoms with Crippen molar-refractivity contribution in [2.75, 3.05) is 24.1 Å². The van der Waals surface area contributed by atoms with Crippen LogP contribution in [0.2, 0.25) is 0 Å². The van der Waals surface area contributed by atoms with Crippen LogP contribution in [-0.4, -0.2) is 44.6 Å². The van der Waals surface area contributed by atoms with E-state index in [-0.39, 0.29) is 41.5 Å². The average molecular weight is 414 g/mol. The van der Waals surface area contributed by atoms with E-state index >= 15 is 0 Å². The van der Waals surface area contributed by atoms with Crippen LogP contribution in [0.5, 0.6) is 0 Å². The van der Waals surface area contributed by atoms with Crippen molar-refractivity contribution in [2.24, 2.45) is 5.73 Å². The summed E-state index contributed by atoms with van der Waals surface area (Å²) in [5.41, 5.74) is 7.23. The molecule has 2 aromatic rings. The molecule has 1 amide bonds. The standard InChI is InChI=1S/C18H20FN3O3S.ClH/c1-26(24,25)21-17-9-13(7-8-15(17)19)18(23)22-10-14(16(20)11-22)12-5-3-2-4-6-12;/h2-9,14,16,21H,10-11,20H2,1H3;1H/t14-,16+;/m0./s1. The lowest BCUT2D eigenvalue weighted by atomic mass is 9.95. The largest absolute Gasteiger partial charge is 0.336 e. The Morgan fingerprint density at radius 1 is 1.19 bits per heavy atom. The molecule has 1 fully saturated rings. The smallest absolute Gasteiger partial charge is 0.254 e. The SMILES string of the molecule is CS(=O)(=O)Nc1cc(C(=O)N2C[C@@H](N)[C@H](c3ccccc3)C2)ccc1F.Cl. The van der Waals surface area contributed by atoms with Gasteiger partial charge in [0, 0.05) is 30.6 Å². The van der Waals surface area contributed by atoms with E-state index in [2.05, 4.69) is 4.72 Å². The first-order chi connectivity index (χ1) is 12.2. The van der Waals surface area contributed by atoms with Crippen LogP contribution in [0.1, 0.15) is 21.8 Å². The fraction of sp³-hybridized carbons (Fsp3) is 0.278. The quantitative estimate of drug-likeness (QED) is 0.803. The van der Waals surface area contributed by atoms with Crippen LogP contribution in [0.25, 0.3) is 0 Å². The Morgan fingerprint density at radius 2 is 1.85 bits per heavy atom. The van der Waals surface area contributed by atoms with E-state index in [9.17, 15) is 17.6 Å². The Bertz CT molecular complexity index is 925. The van der Waals surface area contributed by atoms with E-state index in [0.29, 0.717) is 13.1 Å². The number of nitrogens with zero attached hydrogens (tertiary/aromatic N) is 1. The lowest BCUT2D eigenvalue weighted by molar-refractivity contribution is 0.0789. The summed E-state index contributed by atoms with van der Waals surface area (Å²) in [7, 11) is -3.65. The number of anilines is 1. The number of nitrogens with two attached hydrogens (primary N) is 1. The fourth-order valence-electron chi connectivity index (χ4n) is 3.17. The molecular formula is C18H21ClFN3O3S. The van der Waals surface area contributed by atoms with Gasteiger partial charge in [-0.15, -0.1) is 12.4 Å². The molecule has 0 radical (unpaired) electrons. The van der Waals surface area contributed by atoms with Gasteiger partial charge >= 0.3 is 0 Å². The molecule has 27 heavy (non-hydrogen) atoms. The van der Waals surface area contributed by atoms with Crippen LogP contribution in [0, 0.1) is 5.82 Å². The molecule has 9 heteroatoms. The minimum Gasteiger partial charge on any atom is -0.336 e. The summed E-state index contributed by atoms with van der Waals surface area (Å²) in [6.45, 7) is 0.834. The third kappa shape index (κ3) is 4.97. The highest BCUT2D eigenvalue weighted by atomic mass is 35.5. The third-order valence-electron chi connectivity index (χ3n) is 4.39. The lowest BCUT2D eigenvalue weighted by Gasteiger charge is -2.17. The zero-order valence-electron chi connectivity index (χ0n) is 14.6. The first-order valence-electron chi connectivity index (χ1n) is 8.12. The summed E-state index contributed by atoms with van der Waals surface area (Å²) < 4.78 is 38.6. The highest BCUT2D eigenvalue weighted by molar-refractivity contribution is 7.92. The molecule has 0 bridgehead atoms. The maximum atomic E-state index is 13.8. The first kappa shape index (κ1) is 21.1. The van der Waals surface area contributed by atoms with Crippen LogP contribution in [-0.2, 0) is 10.0 Å². The lowest BCUT2D eigenvalue weighted by Crippen LogP contribution is -2.32. The summed E-state index contributed by atoms with van der Waals surface area (Å²) in [5, 5.41) is 0. The molecule has 0 aliphatic carbocycles. The molecular weight excluding hydrogens is 393 g/mol. The Balaban J connectivity index is 0.00000261. The molecule has 146 valence electrons. The van der Waals surface area contributed by atoms with Gasteiger partial charge < -0.3 is 10.6 Å². The molecule has 0 saturated carbocycles. The molecule has 1 saturated heterocycles. The molecule has 2 aromatic carbocycles. The second kappa shape index (κ2) is 8.24. The number of carbonyl (C=O) groups is 1. The second-order valence-electron chi connectivity index (χ2n) is 6.46. The Hall–Kier alpha value is -2.16. The number of nitrogens with one attached hydrogen (secondary N) is 1. The first-order valence-corrected chi connectivity index (χ1v) is 10.0. The molecule has 0 aromatic heterocycles. The maximum Gasteiger partial charge on any atom is 0.254 e. The predicted molar refractivity (Wildman–Crippen MR) is 105 cm³/mol. The summed E-state index contributed by atoms with van der Waals surface area (Å²) in [4.78, 5) is 14.4. The molecule has 1 aliphatic rings. The number of carbonyl (C=O) groups excluding carboxylic acids is 1. The number of hydrogen-bond donors (Lipinski definition) is 2. The van der Waals surface area contributed by atoms with E-state index in [1.165, 1.54) is 12.1 Å². The molecule has 1 aliphatic heterocycles. The molecule has 0 spiro atoms. The number of amides is 1. The Kier molecular flexibility index (Phi) is 6.46. The van der Waals surface area contributed by atoms with Gasteiger partial charge in [-0.2, -0.15) is 0 Å². The van der Waals surface area contributed by atoms with Crippen molar-refractivity contribution in [3.63, 3.8) is 0 Å². The Morgan fingerprint density at radius 3 is 2.48 bits per heavy atom. The van der Waals surface area contributed by atoms with Gasteiger partial charge in [0.15, 0.2) is 0 Å². The maximum absolute atomic E-state index is 13.8. The van der Waals surface area contributed by atoms with Gasteiger partial charge in [-0.3, -0.25) is 9.52 Å². The Labute approximate surface area is 164 Å². The number of benzene rings is 2. The highest BCUT2D eigenvalue weighted by Gasteiger charge is 2.34. The number of hydrogen-bond acceptors (Lipinski definition) is 4. The van der Waals surface area contributed by atoms with Crippen molar-refractivity contribution in [3.05, 3.63) is 65.5 Å². The van der Waals surface area contributed by atoms with Gasteiger partial charge in [-0.25, -0.2) is 12.8 Å². The molecule has 0 unspecified atom stereocenters. The summed E-state index contributed by atoms with van der Waals surface area (Å²) in [6, 6.07) is 13.1. The van der Waals surface area contributed by atoms with Gasteiger partial charge in [-0.05, 0) is 23.8 Å². The van der Waals surface area contributed by atoms with Crippen LogP contribution < -0.4 is 10.5 Å². The second-order valence-corrected chi connectivity index (χ2v) is 8.21. The molecule has 3 rings (SSSR count).